The van der Waals surface area contributed by atoms with Gasteiger partial charge in [-0.2, -0.15) is 0 Å². The zero-order valence-corrected chi connectivity index (χ0v) is 25.3. The molecule has 1 amide bonds. The number of carboxylic acids is 2. The summed E-state index contributed by atoms with van der Waals surface area (Å²) < 4.78 is 45.3. The van der Waals surface area contributed by atoms with Gasteiger partial charge in [-0.25, -0.2) is 13.1 Å². The van der Waals surface area contributed by atoms with E-state index in [4.69, 9.17) is 14.2 Å². The zero-order valence-electron chi connectivity index (χ0n) is 24.5. The highest BCUT2D eigenvalue weighted by molar-refractivity contribution is 7.89. The number of hydrogen-bond acceptors (Lipinski definition) is 12. The largest absolute Gasteiger partial charge is 0.550 e. The molecule has 0 atom stereocenters. The highest BCUT2D eigenvalue weighted by Gasteiger charge is 2.26. The smallest absolute Gasteiger partial charge is 0.306 e. The summed E-state index contributed by atoms with van der Waals surface area (Å²) in [5.74, 6) is -3.75. The Kier molecular flexibility index (Phi) is 12.3. The highest BCUT2D eigenvalue weighted by Crippen LogP contribution is 2.36. The number of hydrogen-bond donors (Lipinski definition) is 2. The van der Waals surface area contributed by atoms with Gasteiger partial charge in [0.1, 0.15) is 16.4 Å². The Morgan fingerprint density at radius 2 is 1.55 bits per heavy atom. The second kappa shape index (κ2) is 15.9. The van der Waals surface area contributed by atoms with Gasteiger partial charge < -0.3 is 44.2 Å². The minimum atomic E-state index is -4.19. The van der Waals surface area contributed by atoms with Crippen LogP contribution in [0.4, 0.5) is 11.4 Å². The van der Waals surface area contributed by atoms with E-state index in [1.54, 1.807) is 12.1 Å². The number of benzene rings is 2. The molecular weight excluding hydrogens is 598 g/mol. The fourth-order valence-electron chi connectivity index (χ4n) is 4.65. The molecule has 2 aromatic rings. The maximum atomic E-state index is 13.5. The fourth-order valence-corrected chi connectivity index (χ4v) is 5.83. The Morgan fingerprint density at radius 1 is 0.909 bits per heavy atom. The van der Waals surface area contributed by atoms with Crippen LogP contribution in [-0.4, -0.2) is 66.1 Å². The molecule has 2 N–H and O–H groups in total. The van der Waals surface area contributed by atoms with E-state index >= 15 is 0 Å². The van der Waals surface area contributed by atoms with Gasteiger partial charge in [0, 0.05) is 49.7 Å². The lowest BCUT2D eigenvalue weighted by Crippen LogP contribution is -2.36. The van der Waals surface area contributed by atoms with Crippen LogP contribution in [0, 0.1) is 5.92 Å². The number of rotatable bonds is 16. The van der Waals surface area contributed by atoms with Crippen molar-refractivity contribution in [2.45, 2.75) is 50.0 Å². The maximum Gasteiger partial charge on any atom is 0.306 e. The third-order valence-corrected chi connectivity index (χ3v) is 8.44. The molecule has 1 saturated heterocycles. The average Bonchev–Trinajstić information content (AvgIpc) is 3.01. The number of para-hydroxylation sites is 1. The van der Waals surface area contributed by atoms with Crippen LogP contribution in [-0.2, 0) is 40.5 Å². The summed E-state index contributed by atoms with van der Waals surface area (Å²) >= 11 is 0. The number of amides is 1. The molecule has 0 bridgehead atoms. The summed E-state index contributed by atoms with van der Waals surface area (Å²) in [6.45, 7) is 1.41. The third kappa shape index (κ3) is 9.84. The van der Waals surface area contributed by atoms with Crippen LogP contribution in [0.1, 0.15) is 44.1 Å². The van der Waals surface area contributed by atoms with Crippen molar-refractivity contribution in [2.75, 3.05) is 44.1 Å². The molecule has 1 fully saturated rings. The topological polar surface area (TPSA) is 204 Å². The Hall–Kier alpha value is -4.37. The second-order valence-corrected chi connectivity index (χ2v) is 11.8. The van der Waals surface area contributed by atoms with E-state index in [1.165, 1.54) is 26.4 Å². The molecule has 14 nitrogen and oxygen atoms in total. The first kappa shape index (κ1) is 34.1. The van der Waals surface area contributed by atoms with Crippen molar-refractivity contribution < 1.29 is 52.0 Å². The van der Waals surface area contributed by atoms with Gasteiger partial charge in [0.15, 0.2) is 0 Å². The van der Waals surface area contributed by atoms with E-state index in [0.29, 0.717) is 31.5 Å². The molecule has 0 aromatic heterocycles. The standard InChI is InChI=1S/C29H37N3O11S/c1-41-23-16-24(42-2)25(15-21(23)31-26(33)7-8-27(34)35)44(39,40)30-17-20-5-3-4-6-22(20)32-13-11-19(12-14-32)18-43-29(38)10-9-28(36)37/h3-6,15-16,19,30H,7-14,17-18H2,1-2H3,(H,31,33)(H,34,35)(H,36,37)/p-2. The van der Waals surface area contributed by atoms with Gasteiger partial charge in [-0.15, -0.1) is 0 Å². The summed E-state index contributed by atoms with van der Waals surface area (Å²) in [6, 6.07) is 9.82. The van der Waals surface area contributed by atoms with Gasteiger partial charge in [-0.1, -0.05) is 18.2 Å². The first-order valence-corrected chi connectivity index (χ1v) is 15.4. The van der Waals surface area contributed by atoms with Gasteiger partial charge in [0.05, 0.1) is 32.9 Å². The lowest BCUT2D eigenvalue weighted by atomic mass is 9.96. The number of nitrogens with zero attached hydrogens (tertiary/aromatic N) is 1. The van der Waals surface area contributed by atoms with E-state index in [2.05, 4.69) is 14.9 Å². The normalized spacial score (nSPS) is 13.6. The summed E-state index contributed by atoms with van der Waals surface area (Å²) in [5.41, 5.74) is 1.57. The van der Waals surface area contributed by atoms with Crippen LogP contribution in [0.15, 0.2) is 41.3 Å². The van der Waals surface area contributed by atoms with Crippen LogP contribution in [0.2, 0.25) is 0 Å². The maximum absolute atomic E-state index is 13.5. The van der Waals surface area contributed by atoms with E-state index in [0.717, 1.165) is 5.69 Å². The Bertz CT molecular complexity index is 1450. The number of sulfonamides is 1. The highest BCUT2D eigenvalue weighted by atomic mass is 32.2. The predicted molar refractivity (Wildman–Crippen MR) is 153 cm³/mol. The second-order valence-electron chi connectivity index (χ2n) is 10.1. The van der Waals surface area contributed by atoms with Gasteiger partial charge in [-0.3, -0.25) is 9.59 Å². The molecule has 0 aliphatic carbocycles. The van der Waals surface area contributed by atoms with E-state index in [1.807, 2.05) is 12.1 Å². The van der Waals surface area contributed by atoms with E-state index in [-0.39, 0.29) is 60.4 Å². The number of methoxy groups -OCH3 is 2. The lowest BCUT2D eigenvalue weighted by molar-refractivity contribution is -0.307. The quantitative estimate of drug-likeness (QED) is 0.234. The predicted octanol–water partition coefficient (Wildman–Crippen LogP) is -0.0594. The molecule has 1 heterocycles. The molecule has 1 aliphatic rings. The number of ether oxygens (including phenoxy) is 3. The van der Waals surface area contributed by atoms with Crippen molar-refractivity contribution in [2.24, 2.45) is 5.92 Å². The molecule has 3 rings (SSSR count). The van der Waals surface area contributed by atoms with Crippen molar-refractivity contribution in [1.29, 1.82) is 0 Å². The number of anilines is 2. The summed E-state index contributed by atoms with van der Waals surface area (Å²) in [4.78, 5) is 47.0. The summed E-state index contributed by atoms with van der Waals surface area (Å²) in [7, 11) is -1.57. The number of piperidine rings is 1. The number of carbonyl (C=O) groups is 4. The average molecular weight is 634 g/mol. The zero-order chi connectivity index (χ0) is 32.3. The minimum absolute atomic E-state index is 0.0184. The van der Waals surface area contributed by atoms with E-state index < -0.39 is 40.3 Å². The van der Waals surface area contributed by atoms with Crippen LogP contribution in [0.5, 0.6) is 11.5 Å². The van der Waals surface area contributed by atoms with Crippen molar-refractivity contribution in [3.05, 3.63) is 42.0 Å². The SMILES string of the molecule is COc1cc(OC)c(S(=O)(=O)NCc2ccccc2N2CCC(COC(=O)CCC(=O)[O-])CC2)cc1NC(=O)CCC(=O)[O-]. The molecule has 0 saturated carbocycles. The fraction of sp³-hybridized carbons (Fsp3) is 0.448. The first-order chi connectivity index (χ1) is 20.9. The minimum Gasteiger partial charge on any atom is -0.550 e. The van der Waals surface area contributed by atoms with Crippen molar-refractivity contribution in [3.8, 4) is 11.5 Å². The van der Waals surface area contributed by atoms with Gasteiger partial charge in [0.25, 0.3) is 0 Å². The number of aliphatic carboxylic acids is 2. The molecule has 240 valence electrons. The Labute approximate surface area is 255 Å². The molecular formula is C29H35N3O11S-2. The first-order valence-electron chi connectivity index (χ1n) is 13.9. The molecule has 0 radical (unpaired) electrons. The van der Waals surface area contributed by atoms with Crippen molar-refractivity contribution in [1.82, 2.24) is 4.72 Å². The molecule has 15 heteroatoms. The summed E-state index contributed by atoms with van der Waals surface area (Å²) in [5, 5.41) is 23.7. The molecule has 44 heavy (non-hydrogen) atoms. The Balaban J connectivity index is 1.68. The summed E-state index contributed by atoms with van der Waals surface area (Å²) in [6.07, 6.45) is -0.0559. The third-order valence-electron chi connectivity index (χ3n) is 7.02. The molecule has 0 unspecified atom stereocenters. The van der Waals surface area contributed by atoms with Gasteiger partial charge in [-0.05, 0) is 49.3 Å². The molecule has 0 spiro atoms. The van der Waals surface area contributed by atoms with Crippen molar-refractivity contribution >= 4 is 45.2 Å². The van der Waals surface area contributed by atoms with Crippen LogP contribution < -0.4 is 34.6 Å². The van der Waals surface area contributed by atoms with Crippen LogP contribution in [0.3, 0.4) is 0 Å². The van der Waals surface area contributed by atoms with Gasteiger partial charge in [0.2, 0.25) is 15.9 Å². The monoisotopic (exact) mass is 633 g/mol. The number of esters is 1. The number of carboxylic acid groups (broad SMARTS) is 2. The molecule has 1 aliphatic heterocycles. The number of carbonyl (C=O) groups excluding carboxylic acids is 4. The lowest BCUT2D eigenvalue weighted by Gasteiger charge is -2.34. The number of nitrogens with one attached hydrogen (secondary N) is 2. The van der Waals surface area contributed by atoms with E-state index in [9.17, 15) is 37.8 Å². The van der Waals surface area contributed by atoms with Crippen LogP contribution >= 0.6 is 0 Å². The molecule has 2 aromatic carbocycles. The Morgan fingerprint density at radius 3 is 2.18 bits per heavy atom. The van der Waals surface area contributed by atoms with Crippen molar-refractivity contribution in [3.63, 3.8) is 0 Å². The van der Waals surface area contributed by atoms with Gasteiger partial charge >= 0.3 is 5.97 Å². The van der Waals surface area contributed by atoms with Crippen LogP contribution in [0.25, 0.3) is 0 Å².